The number of nitrogens with zero attached hydrogens (tertiary/aromatic N) is 3. The normalized spacial score (nSPS) is 12.9. The van der Waals surface area contributed by atoms with Crippen molar-refractivity contribution in [1.82, 2.24) is 15.2 Å². The van der Waals surface area contributed by atoms with Gasteiger partial charge >= 0.3 is 0 Å². The smallest absolute Gasteiger partial charge is 0.129 e. The molecule has 2 aromatic heterocycles. The van der Waals surface area contributed by atoms with Crippen LogP contribution in [0.15, 0.2) is 59.5 Å². The molecular weight excluding hydrogens is 350 g/mol. The summed E-state index contributed by atoms with van der Waals surface area (Å²) in [6.07, 6.45) is 10.2. The summed E-state index contributed by atoms with van der Waals surface area (Å²) in [6.45, 7) is 0. The van der Waals surface area contributed by atoms with Crippen molar-refractivity contribution in [3.05, 3.63) is 70.6 Å². The maximum Gasteiger partial charge on any atom is 0.129 e. The van der Waals surface area contributed by atoms with Crippen molar-refractivity contribution in [1.29, 1.82) is 0 Å². The van der Waals surface area contributed by atoms with Gasteiger partial charge < -0.3 is 0 Å². The molecule has 4 rings (SSSR count). The molecule has 1 aromatic carbocycles. The van der Waals surface area contributed by atoms with Crippen LogP contribution in [0.1, 0.15) is 17.5 Å². The van der Waals surface area contributed by atoms with Crippen LogP contribution < -0.4 is 0 Å². The van der Waals surface area contributed by atoms with E-state index in [0.717, 1.165) is 39.8 Å². The first-order valence-electron chi connectivity index (χ1n) is 7.55. The Kier molecular flexibility index (Phi) is 3.75. The molecular formula is C19H14BrN3. The van der Waals surface area contributed by atoms with Crippen LogP contribution in [0, 0.1) is 0 Å². The Labute approximate surface area is 143 Å². The Hall–Kier alpha value is -2.33. The lowest BCUT2D eigenvalue weighted by molar-refractivity contribution is 0.982. The zero-order valence-corrected chi connectivity index (χ0v) is 14.0. The van der Waals surface area contributed by atoms with E-state index in [0.29, 0.717) is 0 Å². The van der Waals surface area contributed by atoms with E-state index in [1.54, 1.807) is 12.4 Å². The summed E-state index contributed by atoms with van der Waals surface area (Å²) in [5.74, 6) is 0. The minimum absolute atomic E-state index is 0.731. The third-order valence-electron chi connectivity index (χ3n) is 4.05. The number of aromatic nitrogens is 3. The second-order valence-corrected chi connectivity index (χ2v) is 6.33. The van der Waals surface area contributed by atoms with Crippen LogP contribution in [0.4, 0.5) is 0 Å². The van der Waals surface area contributed by atoms with Gasteiger partial charge in [-0.1, -0.05) is 24.3 Å². The largest absolute Gasteiger partial charge is 0.265 e. The van der Waals surface area contributed by atoms with E-state index < -0.39 is 0 Å². The quantitative estimate of drug-likeness (QED) is 0.647. The molecule has 2 heterocycles. The van der Waals surface area contributed by atoms with Crippen molar-refractivity contribution in [3.63, 3.8) is 0 Å². The van der Waals surface area contributed by atoms with Gasteiger partial charge in [0.05, 0.1) is 0 Å². The second kappa shape index (κ2) is 6.05. The predicted octanol–water partition coefficient (Wildman–Crippen LogP) is 4.93. The number of pyridine rings is 1. The molecule has 0 radical (unpaired) electrons. The zero-order valence-electron chi connectivity index (χ0n) is 12.4. The maximum atomic E-state index is 4.44. The van der Waals surface area contributed by atoms with Crippen molar-refractivity contribution in [2.75, 3.05) is 0 Å². The van der Waals surface area contributed by atoms with Crippen LogP contribution >= 0.6 is 15.9 Å². The van der Waals surface area contributed by atoms with Crippen molar-refractivity contribution < 1.29 is 0 Å². The lowest BCUT2D eigenvalue weighted by Gasteiger charge is -2.14. The average Bonchev–Trinajstić information content (AvgIpc) is 2.62. The van der Waals surface area contributed by atoms with E-state index in [-0.39, 0.29) is 0 Å². The van der Waals surface area contributed by atoms with E-state index in [1.165, 1.54) is 11.1 Å². The summed E-state index contributed by atoms with van der Waals surface area (Å²) in [7, 11) is 0. The Morgan fingerprint density at radius 2 is 1.78 bits per heavy atom. The van der Waals surface area contributed by atoms with E-state index >= 15 is 0 Å². The first-order valence-corrected chi connectivity index (χ1v) is 8.34. The highest BCUT2D eigenvalue weighted by Crippen LogP contribution is 2.33. The molecule has 0 spiro atoms. The molecule has 0 atom stereocenters. The molecule has 0 N–H and O–H groups in total. The molecule has 0 fully saturated rings. The van der Waals surface area contributed by atoms with Gasteiger partial charge in [0.15, 0.2) is 0 Å². The van der Waals surface area contributed by atoms with Gasteiger partial charge in [-0.05, 0) is 69.7 Å². The zero-order chi connectivity index (χ0) is 15.6. The van der Waals surface area contributed by atoms with Gasteiger partial charge in [-0.3, -0.25) is 4.98 Å². The van der Waals surface area contributed by atoms with E-state index in [2.05, 4.69) is 61.5 Å². The molecule has 0 unspecified atom stereocenters. The second-order valence-electron chi connectivity index (χ2n) is 5.52. The van der Waals surface area contributed by atoms with Crippen LogP contribution in [0.3, 0.4) is 0 Å². The third kappa shape index (κ3) is 2.82. The summed E-state index contributed by atoms with van der Waals surface area (Å²) in [6, 6.07) is 12.5. The standard InChI is InChI=1S/C19H14BrN3/c20-18-12-17(14-7-9-21-10-8-14)19(23-22-18)16-6-5-13-3-1-2-4-15(13)11-16/h1,3,5-12H,2,4H2. The lowest BCUT2D eigenvalue weighted by Crippen LogP contribution is -1.97. The van der Waals surface area contributed by atoms with Crippen LogP contribution in [0.2, 0.25) is 0 Å². The SMILES string of the molecule is Brc1cc(-c2ccncc2)c(-c2ccc3c(c2)CCC=C3)nn1. The average molecular weight is 364 g/mol. The number of halogens is 1. The number of allylic oxidation sites excluding steroid dienone is 1. The molecule has 0 bridgehead atoms. The molecule has 0 aliphatic heterocycles. The Morgan fingerprint density at radius 1 is 0.913 bits per heavy atom. The fourth-order valence-corrected chi connectivity index (χ4v) is 3.22. The van der Waals surface area contributed by atoms with Crippen LogP contribution in [-0.2, 0) is 6.42 Å². The van der Waals surface area contributed by atoms with Gasteiger partial charge in [0.25, 0.3) is 0 Å². The Bertz CT molecular complexity index is 888. The summed E-state index contributed by atoms with van der Waals surface area (Å²) >= 11 is 3.43. The minimum Gasteiger partial charge on any atom is -0.265 e. The lowest BCUT2D eigenvalue weighted by atomic mass is 9.93. The molecule has 3 aromatic rings. The number of rotatable bonds is 2. The van der Waals surface area contributed by atoms with Gasteiger partial charge in [0.1, 0.15) is 10.3 Å². The Balaban J connectivity index is 1.88. The third-order valence-corrected chi connectivity index (χ3v) is 4.44. The molecule has 3 nitrogen and oxygen atoms in total. The molecule has 112 valence electrons. The first kappa shape index (κ1) is 14.3. The van der Waals surface area contributed by atoms with Gasteiger partial charge in [-0.2, -0.15) is 0 Å². The fourth-order valence-electron chi connectivity index (χ4n) is 2.91. The molecule has 0 saturated heterocycles. The highest BCUT2D eigenvalue weighted by molar-refractivity contribution is 9.10. The minimum atomic E-state index is 0.731. The number of benzene rings is 1. The highest BCUT2D eigenvalue weighted by Gasteiger charge is 2.13. The van der Waals surface area contributed by atoms with Crippen molar-refractivity contribution in [2.45, 2.75) is 12.8 Å². The van der Waals surface area contributed by atoms with Crippen molar-refractivity contribution in [2.24, 2.45) is 0 Å². The summed E-state index contributed by atoms with van der Waals surface area (Å²) in [4.78, 5) is 4.10. The number of hydrogen-bond acceptors (Lipinski definition) is 3. The number of hydrogen-bond donors (Lipinski definition) is 0. The Morgan fingerprint density at radius 3 is 2.65 bits per heavy atom. The van der Waals surface area contributed by atoms with E-state index in [9.17, 15) is 0 Å². The highest BCUT2D eigenvalue weighted by atomic mass is 79.9. The van der Waals surface area contributed by atoms with Crippen LogP contribution in [0.5, 0.6) is 0 Å². The van der Waals surface area contributed by atoms with Gasteiger partial charge in [-0.15, -0.1) is 10.2 Å². The number of aryl methyl sites for hydroxylation is 1. The van der Waals surface area contributed by atoms with Gasteiger partial charge in [0.2, 0.25) is 0 Å². The molecule has 1 aliphatic rings. The maximum absolute atomic E-state index is 4.44. The van der Waals surface area contributed by atoms with Gasteiger partial charge in [0, 0.05) is 23.5 Å². The number of fused-ring (bicyclic) bond motifs is 1. The molecule has 1 aliphatic carbocycles. The summed E-state index contributed by atoms with van der Waals surface area (Å²) in [5.41, 5.74) is 6.82. The predicted molar refractivity (Wildman–Crippen MR) is 95.8 cm³/mol. The van der Waals surface area contributed by atoms with Crippen molar-refractivity contribution in [3.8, 4) is 22.4 Å². The summed E-state index contributed by atoms with van der Waals surface area (Å²) < 4.78 is 0.731. The topological polar surface area (TPSA) is 38.7 Å². The molecule has 23 heavy (non-hydrogen) atoms. The molecule has 4 heteroatoms. The molecule has 0 saturated carbocycles. The van der Waals surface area contributed by atoms with Crippen LogP contribution in [0.25, 0.3) is 28.5 Å². The van der Waals surface area contributed by atoms with Crippen LogP contribution in [-0.4, -0.2) is 15.2 Å². The fraction of sp³-hybridized carbons (Fsp3) is 0.105. The monoisotopic (exact) mass is 363 g/mol. The van der Waals surface area contributed by atoms with E-state index in [4.69, 9.17) is 0 Å². The molecule has 0 amide bonds. The van der Waals surface area contributed by atoms with E-state index in [1.807, 2.05) is 18.2 Å². The first-order chi connectivity index (χ1) is 11.3. The van der Waals surface area contributed by atoms with Crippen molar-refractivity contribution >= 4 is 22.0 Å². The summed E-state index contributed by atoms with van der Waals surface area (Å²) in [5, 5.41) is 8.63. The van der Waals surface area contributed by atoms with Gasteiger partial charge in [-0.25, -0.2) is 0 Å².